The third-order valence-corrected chi connectivity index (χ3v) is 5.37. The van der Waals surface area contributed by atoms with Crippen LogP contribution < -0.4 is 10.6 Å². The van der Waals surface area contributed by atoms with Crippen molar-refractivity contribution >= 4 is 5.91 Å². The number of rotatable bonds is 7. The molecule has 0 radical (unpaired) electrons. The van der Waals surface area contributed by atoms with E-state index in [9.17, 15) is 10.1 Å². The molecule has 2 aromatic carbocycles. The van der Waals surface area contributed by atoms with E-state index in [1.165, 1.54) is 0 Å². The van der Waals surface area contributed by atoms with Crippen molar-refractivity contribution in [3.8, 4) is 17.2 Å². The highest BCUT2D eigenvalue weighted by Gasteiger charge is 2.40. The summed E-state index contributed by atoms with van der Waals surface area (Å²) in [5, 5.41) is 15.9. The number of hydrogen-bond acceptors (Lipinski definition) is 3. The fourth-order valence-corrected chi connectivity index (χ4v) is 3.81. The minimum atomic E-state index is -0.387. The molecule has 4 nitrogen and oxygen atoms in total. The van der Waals surface area contributed by atoms with E-state index in [-0.39, 0.29) is 11.4 Å². The van der Waals surface area contributed by atoms with Gasteiger partial charge in [0.25, 0.3) is 0 Å². The van der Waals surface area contributed by atoms with Gasteiger partial charge in [-0.3, -0.25) is 4.79 Å². The molecule has 1 fully saturated rings. The first kappa shape index (κ1) is 19.1. The van der Waals surface area contributed by atoms with Crippen molar-refractivity contribution in [1.29, 1.82) is 5.26 Å². The van der Waals surface area contributed by atoms with Gasteiger partial charge in [0.2, 0.25) is 5.91 Å². The van der Waals surface area contributed by atoms with E-state index in [0.29, 0.717) is 12.1 Å². The third-order valence-electron chi connectivity index (χ3n) is 5.37. The zero-order valence-electron chi connectivity index (χ0n) is 15.9. The van der Waals surface area contributed by atoms with E-state index < -0.39 is 0 Å². The molecular weight excluding hydrogens is 334 g/mol. The molecule has 0 saturated heterocycles. The SMILES string of the molecule is CCCNC1(C(=O)NCc2ccc(-c3ccccc3C#N)cc2)CCCC1. The summed E-state index contributed by atoms with van der Waals surface area (Å²) in [5.41, 5.74) is 3.29. The lowest BCUT2D eigenvalue weighted by Crippen LogP contribution is -2.55. The Hall–Kier alpha value is -2.64. The maximum atomic E-state index is 12.8. The van der Waals surface area contributed by atoms with Crippen LogP contribution in [0.3, 0.4) is 0 Å². The van der Waals surface area contributed by atoms with Crippen LogP contribution in [0.15, 0.2) is 48.5 Å². The van der Waals surface area contributed by atoms with Crippen molar-refractivity contribution in [3.63, 3.8) is 0 Å². The van der Waals surface area contributed by atoms with Gasteiger partial charge in [0, 0.05) is 6.54 Å². The molecule has 2 N–H and O–H groups in total. The van der Waals surface area contributed by atoms with Crippen LogP contribution in [-0.2, 0) is 11.3 Å². The Bertz CT molecular complexity index is 814. The first-order valence-electron chi connectivity index (χ1n) is 9.80. The average Bonchev–Trinajstić information content (AvgIpc) is 3.21. The average molecular weight is 361 g/mol. The third kappa shape index (κ3) is 4.37. The smallest absolute Gasteiger partial charge is 0.240 e. The number of carbonyl (C=O) groups is 1. The molecule has 1 saturated carbocycles. The van der Waals surface area contributed by atoms with Gasteiger partial charge in [-0.25, -0.2) is 0 Å². The van der Waals surface area contributed by atoms with E-state index in [1.807, 2.05) is 48.5 Å². The van der Waals surface area contributed by atoms with Crippen molar-refractivity contribution in [3.05, 3.63) is 59.7 Å². The van der Waals surface area contributed by atoms with Gasteiger partial charge >= 0.3 is 0 Å². The molecule has 27 heavy (non-hydrogen) atoms. The van der Waals surface area contributed by atoms with Gasteiger partial charge in [-0.05, 0) is 48.6 Å². The van der Waals surface area contributed by atoms with Gasteiger partial charge in [-0.2, -0.15) is 5.26 Å². The standard InChI is InChI=1S/C23H27N3O/c1-2-15-26-23(13-5-6-14-23)22(27)25-17-18-9-11-19(12-10-18)21-8-4-3-7-20(21)16-24/h3-4,7-12,26H,2,5-6,13-15,17H2,1H3,(H,25,27). The van der Waals surface area contributed by atoms with Gasteiger partial charge in [0.05, 0.1) is 17.2 Å². The number of nitriles is 1. The van der Waals surface area contributed by atoms with Crippen LogP contribution in [-0.4, -0.2) is 18.0 Å². The van der Waals surface area contributed by atoms with E-state index in [0.717, 1.165) is 55.3 Å². The van der Waals surface area contributed by atoms with Gasteiger partial charge in [-0.1, -0.05) is 62.2 Å². The lowest BCUT2D eigenvalue weighted by molar-refractivity contribution is -0.127. The molecule has 3 rings (SSSR count). The fourth-order valence-electron chi connectivity index (χ4n) is 3.81. The van der Waals surface area contributed by atoms with Crippen molar-refractivity contribution in [2.75, 3.05) is 6.54 Å². The summed E-state index contributed by atoms with van der Waals surface area (Å²) < 4.78 is 0. The molecule has 0 aromatic heterocycles. The zero-order valence-corrected chi connectivity index (χ0v) is 15.9. The first-order chi connectivity index (χ1) is 13.2. The molecule has 140 valence electrons. The highest BCUT2D eigenvalue weighted by molar-refractivity contribution is 5.86. The summed E-state index contributed by atoms with van der Waals surface area (Å²) in [5.74, 6) is 0.118. The summed E-state index contributed by atoms with van der Waals surface area (Å²) in [7, 11) is 0. The van der Waals surface area contributed by atoms with Crippen LogP contribution in [0, 0.1) is 11.3 Å². The number of hydrogen-bond donors (Lipinski definition) is 2. The van der Waals surface area contributed by atoms with Crippen LogP contribution in [0.4, 0.5) is 0 Å². The summed E-state index contributed by atoms with van der Waals surface area (Å²) in [6, 6.07) is 17.9. The number of amides is 1. The molecule has 0 unspecified atom stereocenters. The normalized spacial score (nSPS) is 15.3. The van der Waals surface area contributed by atoms with Crippen molar-refractivity contribution in [2.24, 2.45) is 0 Å². The van der Waals surface area contributed by atoms with Gasteiger partial charge in [-0.15, -0.1) is 0 Å². The molecule has 4 heteroatoms. The Morgan fingerprint density at radius 2 is 1.81 bits per heavy atom. The molecule has 1 aliphatic rings. The van der Waals surface area contributed by atoms with E-state index >= 15 is 0 Å². The second kappa shape index (κ2) is 8.83. The molecule has 0 atom stereocenters. The second-order valence-corrected chi connectivity index (χ2v) is 7.25. The fraction of sp³-hybridized carbons (Fsp3) is 0.391. The minimum absolute atomic E-state index is 0.118. The molecular formula is C23H27N3O. The van der Waals surface area contributed by atoms with Crippen LogP contribution in [0.2, 0.25) is 0 Å². The number of nitrogens with one attached hydrogen (secondary N) is 2. The molecule has 0 heterocycles. The van der Waals surface area contributed by atoms with Crippen molar-refractivity contribution in [1.82, 2.24) is 10.6 Å². The summed E-state index contributed by atoms with van der Waals surface area (Å²) >= 11 is 0. The first-order valence-corrected chi connectivity index (χ1v) is 9.80. The number of benzene rings is 2. The van der Waals surface area contributed by atoms with Crippen molar-refractivity contribution in [2.45, 2.75) is 51.1 Å². The maximum Gasteiger partial charge on any atom is 0.240 e. The van der Waals surface area contributed by atoms with Crippen LogP contribution in [0.1, 0.15) is 50.2 Å². The molecule has 0 aliphatic heterocycles. The molecule has 1 aliphatic carbocycles. The summed E-state index contributed by atoms with van der Waals surface area (Å²) in [6.45, 7) is 3.52. The largest absolute Gasteiger partial charge is 0.350 e. The van der Waals surface area contributed by atoms with Crippen LogP contribution in [0.25, 0.3) is 11.1 Å². The van der Waals surface area contributed by atoms with Crippen LogP contribution >= 0.6 is 0 Å². The lowest BCUT2D eigenvalue weighted by atomic mass is 9.95. The zero-order chi connectivity index (χ0) is 19.1. The minimum Gasteiger partial charge on any atom is -0.350 e. The lowest BCUT2D eigenvalue weighted by Gasteiger charge is -2.29. The number of carbonyl (C=O) groups excluding carboxylic acids is 1. The monoisotopic (exact) mass is 361 g/mol. The number of nitrogens with zero attached hydrogens (tertiary/aromatic N) is 1. The Balaban J connectivity index is 1.65. The van der Waals surface area contributed by atoms with Gasteiger partial charge < -0.3 is 10.6 Å². The summed E-state index contributed by atoms with van der Waals surface area (Å²) in [6.07, 6.45) is 5.08. The Morgan fingerprint density at radius 3 is 2.48 bits per heavy atom. The van der Waals surface area contributed by atoms with Crippen molar-refractivity contribution < 1.29 is 4.79 Å². The van der Waals surface area contributed by atoms with E-state index in [1.54, 1.807) is 0 Å². The quantitative estimate of drug-likeness (QED) is 0.778. The van der Waals surface area contributed by atoms with Gasteiger partial charge in [0.1, 0.15) is 0 Å². The maximum absolute atomic E-state index is 12.8. The second-order valence-electron chi connectivity index (χ2n) is 7.25. The summed E-state index contributed by atoms with van der Waals surface area (Å²) in [4.78, 5) is 12.8. The Kier molecular flexibility index (Phi) is 6.26. The highest BCUT2D eigenvalue weighted by atomic mass is 16.2. The molecule has 1 amide bonds. The predicted octanol–water partition coefficient (Wildman–Crippen LogP) is 4.15. The predicted molar refractivity (Wildman–Crippen MR) is 108 cm³/mol. The highest BCUT2D eigenvalue weighted by Crippen LogP contribution is 2.30. The molecule has 0 bridgehead atoms. The van der Waals surface area contributed by atoms with Crippen LogP contribution in [0.5, 0.6) is 0 Å². The van der Waals surface area contributed by atoms with Gasteiger partial charge in [0.15, 0.2) is 0 Å². The molecule has 0 spiro atoms. The Labute approximate surface area is 161 Å². The topological polar surface area (TPSA) is 64.9 Å². The Morgan fingerprint density at radius 1 is 1.11 bits per heavy atom. The van der Waals surface area contributed by atoms with E-state index in [2.05, 4.69) is 23.6 Å². The molecule has 2 aromatic rings. The van der Waals surface area contributed by atoms with E-state index in [4.69, 9.17) is 0 Å².